The topological polar surface area (TPSA) is 68.2 Å². The summed E-state index contributed by atoms with van der Waals surface area (Å²) in [6.07, 6.45) is 5.43. The largest absolute Gasteiger partial charge is 0.444 e. The molecule has 0 atom stereocenters. The standard InChI is InChI=1S/C14H24N4O2/c1-14(2,3)20-13(19)17-12-5-11(6-12)15-7-10-8-16-18(4)9-10/h8-9,11-12,15H,5-7H2,1-4H3,(H,17,19). The van der Waals surface area contributed by atoms with Gasteiger partial charge in [0.25, 0.3) is 0 Å². The van der Waals surface area contributed by atoms with Crippen molar-refractivity contribution < 1.29 is 9.53 Å². The number of amides is 1. The van der Waals surface area contributed by atoms with Crippen LogP contribution < -0.4 is 10.6 Å². The van der Waals surface area contributed by atoms with Crippen LogP contribution in [0.2, 0.25) is 0 Å². The second kappa shape index (κ2) is 5.83. The van der Waals surface area contributed by atoms with Crippen LogP contribution in [0.4, 0.5) is 4.79 Å². The highest BCUT2D eigenvalue weighted by atomic mass is 16.6. The zero-order chi connectivity index (χ0) is 14.8. The molecule has 1 aromatic heterocycles. The van der Waals surface area contributed by atoms with Gasteiger partial charge < -0.3 is 15.4 Å². The van der Waals surface area contributed by atoms with Gasteiger partial charge in [0.2, 0.25) is 0 Å². The molecule has 2 rings (SSSR count). The Balaban J connectivity index is 1.61. The molecule has 1 aliphatic rings. The molecule has 1 amide bonds. The van der Waals surface area contributed by atoms with Gasteiger partial charge in [-0.25, -0.2) is 4.79 Å². The maximum Gasteiger partial charge on any atom is 0.407 e. The summed E-state index contributed by atoms with van der Waals surface area (Å²) in [6, 6.07) is 0.673. The molecule has 1 fully saturated rings. The quantitative estimate of drug-likeness (QED) is 0.878. The predicted molar refractivity (Wildman–Crippen MR) is 76.2 cm³/mol. The van der Waals surface area contributed by atoms with E-state index in [-0.39, 0.29) is 12.1 Å². The lowest BCUT2D eigenvalue weighted by Gasteiger charge is -2.36. The summed E-state index contributed by atoms with van der Waals surface area (Å²) in [6.45, 7) is 6.42. The minimum atomic E-state index is -0.439. The number of ether oxygens (including phenoxy) is 1. The average Bonchev–Trinajstić information content (AvgIpc) is 2.64. The van der Waals surface area contributed by atoms with Crippen molar-refractivity contribution in [2.24, 2.45) is 7.05 Å². The number of rotatable bonds is 4. The van der Waals surface area contributed by atoms with E-state index in [0.29, 0.717) is 6.04 Å². The molecule has 1 saturated carbocycles. The molecule has 6 nitrogen and oxygen atoms in total. The summed E-state index contributed by atoms with van der Waals surface area (Å²) < 4.78 is 7.03. The van der Waals surface area contributed by atoms with Crippen molar-refractivity contribution in [1.29, 1.82) is 0 Å². The van der Waals surface area contributed by atoms with E-state index in [2.05, 4.69) is 15.7 Å². The van der Waals surface area contributed by atoms with E-state index in [1.165, 1.54) is 5.56 Å². The molecule has 0 bridgehead atoms. The van der Waals surface area contributed by atoms with Gasteiger partial charge in [-0.1, -0.05) is 0 Å². The van der Waals surface area contributed by atoms with Crippen molar-refractivity contribution in [2.45, 2.75) is 57.8 Å². The Kier molecular flexibility index (Phi) is 4.32. The molecule has 1 aliphatic carbocycles. The van der Waals surface area contributed by atoms with Crippen LogP contribution >= 0.6 is 0 Å². The zero-order valence-electron chi connectivity index (χ0n) is 12.6. The minimum absolute atomic E-state index is 0.219. The second-order valence-corrected chi connectivity index (χ2v) is 6.41. The summed E-state index contributed by atoms with van der Waals surface area (Å²) in [5.74, 6) is 0. The first kappa shape index (κ1) is 14.8. The van der Waals surface area contributed by atoms with Crippen LogP contribution in [0.25, 0.3) is 0 Å². The number of hydrogen-bond acceptors (Lipinski definition) is 4. The number of nitrogens with zero attached hydrogens (tertiary/aromatic N) is 2. The Bertz CT molecular complexity index is 458. The summed E-state index contributed by atoms with van der Waals surface area (Å²) in [4.78, 5) is 11.6. The highest BCUT2D eigenvalue weighted by molar-refractivity contribution is 5.68. The van der Waals surface area contributed by atoms with Gasteiger partial charge >= 0.3 is 6.09 Å². The van der Waals surface area contributed by atoms with Crippen LogP contribution in [0, 0.1) is 0 Å². The van der Waals surface area contributed by atoms with E-state index in [4.69, 9.17) is 4.74 Å². The van der Waals surface area contributed by atoms with Crippen molar-refractivity contribution >= 4 is 6.09 Å². The zero-order valence-corrected chi connectivity index (χ0v) is 12.6. The molecule has 20 heavy (non-hydrogen) atoms. The molecular weight excluding hydrogens is 256 g/mol. The molecule has 0 unspecified atom stereocenters. The van der Waals surface area contributed by atoms with Gasteiger partial charge in [-0.15, -0.1) is 0 Å². The molecule has 1 aromatic rings. The fourth-order valence-corrected chi connectivity index (χ4v) is 2.20. The number of nitrogens with one attached hydrogen (secondary N) is 2. The van der Waals surface area contributed by atoms with Gasteiger partial charge in [0.1, 0.15) is 5.60 Å². The molecule has 6 heteroatoms. The van der Waals surface area contributed by atoms with Crippen LogP contribution in [-0.4, -0.2) is 33.6 Å². The maximum atomic E-state index is 11.6. The number of carbonyl (C=O) groups is 1. The number of aromatic nitrogens is 2. The Morgan fingerprint density at radius 2 is 2.15 bits per heavy atom. The number of alkyl carbamates (subject to hydrolysis) is 1. The lowest BCUT2D eigenvalue weighted by Crippen LogP contribution is -2.52. The number of hydrogen-bond donors (Lipinski definition) is 2. The molecular formula is C14H24N4O2. The van der Waals surface area contributed by atoms with Gasteiger partial charge in [0.05, 0.1) is 6.20 Å². The Labute approximate surface area is 119 Å². The Hall–Kier alpha value is -1.56. The van der Waals surface area contributed by atoms with Crippen LogP contribution in [0.1, 0.15) is 39.2 Å². The molecule has 2 N–H and O–H groups in total. The molecule has 0 aromatic carbocycles. The van der Waals surface area contributed by atoms with E-state index in [1.807, 2.05) is 40.2 Å². The fourth-order valence-electron chi connectivity index (χ4n) is 2.20. The highest BCUT2D eigenvalue weighted by Gasteiger charge is 2.31. The number of carbonyl (C=O) groups excluding carboxylic acids is 1. The Morgan fingerprint density at radius 1 is 1.45 bits per heavy atom. The Morgan fingerprint density at radius 3 is 2.70 bits per heavy atom. The van der Waals surface area contributed by atoms with Gasteiger partial charge in [0.15, 0.2) is 0 Å². The molecule has 1 heterocycles. The van der Waals surface area contributed by atoms with Crippen molar-refractivity contribution in [3.05, 3.63) is 18.0 Å². The van der Waals surface area contributed by atoms with E-state index >= 15 is 0 Å². The third-order valence-corrected chi connectivity index (χ3v) is 3.21. The maximum absolute atomic E-state index is 11.6. The minimum Gasteiger partial charge on any atom is -0.444 e. The average molecular weight is 280 g/mol. The normalized spacial score (nSPS) is 22.2. The molecule has 0 aliphatic heterocycles. The molecule has 0 spiro atoms. The van der Waals surface area contributed by atoms with Crippen molar-refractivity contribution in [3.8, 4) is 0 Å². The van der Waals surface area contributed by atoms with Crippen molar-refractivity contribution in [1.82, 2.24) is 20.4 Å². The summed E-state index contributed by atoms with van der Waals surface area (Å²) in [7, 11) is 1.91. The first-order valence-corrected chi connectivity index (χ1v) is 7.02. The van der Waals surface area contributed by atoms with E-state index in [9.17, 15) is 4.79 Å². The summed E-state index contributed by atoms with van der Waals surface area (Å²) in [5, 5.41) is 10.5. The van der Waals surface area contributed by atoms with E-state index in [1.54, 1.807) is 4.68 Å². The molecule has 0 saturated heterocycles. The van der Waals surface area contributed by atoms with Crippen LogP contribution in [-0.2, 0) is 18.3 Å². The second-order valence-electron chi connectivity index (χ2n) is 6.41. The van der Waals surface area contributed by atoms with E-state index in [0.717, 1.165) is 19.4 Å². The van der Waals surface area contributed by atoms with Crippen LogP contribution in [0.3, 0.4) is 0 Å². The smallest absolute Gasteiger partial charge is 0.407 e. The van der Waals surface area contributed by atoms with Gasteiger partial charge in [-0.2, -0.15) is 5.10 Å². The molecule has 0 radical (unpaired) electrons. The predicted octanol–water partition coefficient (Wildman–Crippen LogP) is 1.57. The highest BCUT2D eigenvalue weighted by Crippen LogP contribution is 2.21. The van der Waals surface area contributed by atoms with Crippen LogP contribution in [0.5, 0.6) is 0 Å². The summed E-state index contributed by atoms with van der Waals surface area (Å²) >= 11 is 0. The van der Waals surface area contributed by atoms with Gasteiger partial charge in [-0.05, 0) is 33.6 Å². The van der Waals surface area contributed by atoms with Gasteiger partial charge in [-0.3, -0.25) is 4.68 Å². The van der Waals surface area contributed by atoms with Crippen molar-refractivity contribution in [3.63, 3.8) is 0 Å². The molecule has 112 valence electrons. The third kappa shape index (κ3) is 4.52. The van der Waals surface area contributed by atoms with Gasteiger partial charge in [0, 0.05) is 37.4 Å². The van der Waals surface area contributed by atoms with E-state index < -0.39 is 5.60 Å². The monoisotopic (exact) mass is 280 g/mol. The lowest BCUT2D eigenvalue weighted by atomic mass is 9.87. The number of aryl methyl sites for hydroxylation is 1. The summed E-state index contributed by atoms with van der Waals surface area (Å²) in [5.41, 5.74) is 0.738. The first-order chi connectivity index (χ1) is 9.32. The first-order valence-electron chi connectivity index (χ1n) is 7.02. The lowest BCUT2D eigenvalue weighted by molar-refractivity contribution is 0.0465. The van der Waals surface area contributed by atoms with Crippen molar-refractivity contribution in [2.75, 3.05) is 0 Å². The third-order valence-electron chi connectivity index (χ3n) is 3.21. The fraction of sp³-hybridized carbons (Fsp3) is 0.714. The SMILES string of the molecule is Cn1cc(CNC2CC(NC(=O)OC(C)(C)C)C2)cn1. The van der Waals surface area contributed by atoms with Crippen LogP contribution in [0.15, 0.2) is 12.4 Å².